The first-order chi connectivity index (χ1) is 13.4. The highest BCUT2D eigenvalue weighted by molar-refractivity contribution is 7.91. The number of methoxy groups -OCH3 is 1. The average Bonchev–Trinajstić information content (AvgIpc) is 3.06. The van der Waals surface area contributed by atoms with Gasteiger partial charge in [-0.15, -0.1) is 0 Å². The minimum absolute atomic E-state index is 0.0149. The third-order valence-electron chi connectivity index (χ3n) is 5.62. The van der Waals surface area contributed by atoms with Crippen molar-refractivity contribution < 1.29 is 22.7 Å². The number of anilines is 1. The van der Waals surface area contributed by atoms with Crippen LogP contribution in [0.25, 0.3) is 0 Å². The normalized spacial score (nSPS) is 21.8. The summed E-state index contributed by atoms with van der Waals surface area (Å²) in [7, 11) is -1.76. The largest absolute Gasteiger partial charge is 0.465 e. The molecule has 1 N–H and O–H groups in total. The molecule has 1 saturated heterocycles. The zero-order chi connectivity index (χ0) is 20.1. The molecule has 1 atom stereocenters. The molecule has 1 saturated carbocycles. The number of esters is 1. The average molecular weight is 409 g/mol. The maximum Gasteiger partial charge on any atom is 0.339 e. The fourth-order valence-electron chi connectivity index (χ4n) is 4.25. The Kier molecular flexibility index (Phi) is 6.59. The lowest BCUT2D eigenvalue weighted by atomic mass is 9.93. The Morgan fingerprint density at radius 1 is 1.11 bits per heavy atom. The van der Waals surface area contributed by atoms with Gasteiger partial charge in [-0.05, 0) is 31.4 Å². The van der Waals surface area contributed by atoms with Crippen molar-refractivity contribution in [1.29, 1.82) is 0 Å². The number of carbonyl (C=O) groups excluding carboxylic acids is 2. The standard InChI is InChI=1S/C20H28N2O5S/c1-27-20(24)17-9-5-6-10-18(17)21-13-19(23)22(15-7-3-2-4-8-15)16-11-12-28(25,26)14-16/h5-6,9-10,15-16,21H,2-4,7-8,11-14H2,1H3/t16-/m1/s1. The predicted octanol–water partition coefficient (Wildman–Crippen LogP) is 2.23. The van der Waals surface area contributed by atoms with Gasteiger partial charge in [-0.1, -0.05) is 31.4 Å². The number of hydrogen-bond acceptors (Lipinski definition) is 6. The molecule has 7 nitrogen and oxygen atoms in total. The Bertz CT molecular complexity index is 818. The van der Waals surface area contributed by atoms with Crippen molar-refractivity contribution in [3.05, 3.63) is 29.8 Å². The molecule has 1 amide bonds. The smallest absolute Gasteiger partial charge is 0.339 e. The maximum absolute atomic E-state index is 13.1. The molecule has 8 heteroatoms. The Morgan fingerprint density at radius 2 is 1.82 bits per heavy atom. The third-order valence-corrected chi connectivity index (χ3v) is 7.37. The monoisotopic (exact) mass is 408 g/mol. The summed E-state index contributed by atoms with van der Waals surface area (Å²) in [6.07, 6.45) is 5.62. The van der Waals surface area contributed by atoms with Gasteiger partial charge in [0.05, 0.1) is 30.7 Å². The Labute approximate surface area is 166 Å². The van der Waals surface area contributed by atoms with Crippen LogP contribution < -0.4 is 5.32 Å². The van der Waals surface area contributed by atoms with E-state index in [4.69, 9.17) is 4.74 Å². The van der Waals surface area contributed by atoms with Gasteiger partial charge in [-0.25, -0.2) is 13.2 Å². The van der Waals surface area contributed by atoms with Crippen LogP contribution in [0.1, 0.15) is 48.9 Å². The fourth-order valence-corrected chi connectivity index (χ4v) is 5.96. The summed E-state index contributed by atoms with van der Waals surface area (Å²) in [5.74, 6) is -0.393. The summed E-state index contributed by atoms with van der Waals surface area (Å²) < 4.78 is 28.7. The second-order valence-electron chi connectivity index (χ2n) is 7.54. The van der Waals surface area contributed by atoms with Crippen LogP contribution in [-0.4, -0.2) is 62.4 Å². The highest BCUT2D eigenvalue weighted by atomic mass is 32.2. The van der Waals surface area contributed by atoms with Gasteiger partial charge in [0, 0.05) is 17.8 Å². The molecule has 0 unspecified atom stereocenters. The van der Waals surface area contributed by atoms with Crippen LogP contribution in [0, 0.1) is 0 Å². The van der Waals surface area contributed by atoms with E-state index in [1.54, 1.807) is 24.3 Å². The van der Waals surface area contributed by atoms with Crippen molar-refractivity contribution in [2.45, 2.75) is 50.6 Å². The van der Waals surface area contributed by atoms with Gasteiger partial charge >= 0.3 is 5.97 Å². The lowest BCUT2D eigenvalue weighted by Crippen LogP contribution is -2.50. The molecule has 0 spiro atoms. The van der Waals surface area contributed by atoms with Crippen LogP contribution in [0.5, 0.6) is 0 Å². The van der Waals surface area contributed by atoms with Crippen LogP contribution in [-0.2, 0) is 19.4 Å². The molecular weight excluding hydrogens is 380 g/mol. The molecule has 3 rings (SSSR count). The molecule has 2 fully saturated rings. The molecule has 1 aliphatic heterocycles. The molecule has 2 aliphatic rings. The van der Waals surface area contributed by atoms with Crippen molar-refractivity contribution in [2.75, 3.05) is 30.5 Å². The number of carbonyl (C=O) groups is 2. The molecule has 0 aromatic heterocycles. The van der Waals surface area contributed by atoms with Crippen molar-refractivity contribution in [1.82, 2.24) is 4.90 Å². The number of benzene rings is 1. The van der Waals surface area contributed by atoms with E-state index in [1.807, 2.05) is 4.90 Å². The minimum atomic E-state index is -3.08. The highest BCUT2D eigenvalue weighted by Crippen LogP contribution is 2.28. The van der Waals surface area contributed by atoms with Crippen LogP contribution in [0.3, 0.4) is 0 Å². The summed E-state index contributed by atoms with van der Waals surface area (Å²) in [6.45, 7) is 0.0149. The quantitative estimate of drug-likeness (QED) is 0.726. The van der Waals surface area contributed by atoms with Gasteiger partial charge in [0.2, 0.25) is 5.91 Å². The summed E-state index contributed by atoms with van der Waals surface area (Å²) in [6, 6.07) is 6.72. The van der Waals surface area contributed by atoms with Crippen LogP contribution in [0.15, 0.2) is 24.3 Å². The molecule has 1 aromatic carbocycles. The fraction of sp³-hybridized carbons (Fsp3) is 0.600. The van der Waals surface area contributed by atoms with Crippen molar-refractivity contribution >= 4 is 27.4 Å². The molecular formula is C20H28N2O5S. The number of para-hydroxylation sites is 1. The van der Waals surface area contributed by atoms with E-state index in [9.17, 15) is 18.0 Å². The SMILES string of the molecule is COC(=O)c1ccccc1NCC(=O)N(C1CCCCC1)[C@@H]1CCS(=O)(=O)C1. The van der Waals surface area contributed by atoms with E-state index in [2.05, 4.69) is 5.32 Å². The van der Waals surface area contributed by atoms with Crippen molar-refractivity contribution in [3.8, 4) is 0 Å². The van der Waals surface area contributed by atoms with E-state index in [1.165, 1.54) is 7.11 Å². The number of nitrogens with zero attached hydrogens (tertiary/aromatic N) is 1. The Hall–Kier alpha value is -2.09. The van der Waals surface area contributed by atoms with Gasteiger partial charge in [0.25, 0.3) is 0 Å². The van der Waals surface area contributed by atoms with E-state index < -0.39 is 15.8 Å². The Balaban J connectivity index is 1.74. The zero-order valence-electron chi connectivity index (χ0n) is 16.2. The topological polar surface area (TPSA) is 92.8 Å². The Morgan fingerprint density at radius 3 is 2.46 bits per heavy atom. The zero-order valence-corrected chi connectivity index (χ0v) is 17.0. The number of rotatable bonds is 6. The molecule has 28 heavy (non-hydrogen) atoms. The lowest BCUT2D eigenvalue weighted by molar-refractivity contribution is -0.134. The van der Waals surface area contributed by atoms with Crippen LogP contribution in [0.4, 0.5) is 5.69 Å². The summed E-state index contributed by atoms with van der Waals surface area (Å²) in [5.41, 5.74) is 0.899. The van der Waals surface area contributed by atoms with Gasteiger partial charge in [0.1, 0.15) is 0 Å². The van der Waals surface area contributed by atoms with Gasteiger partial charge in [-0.3, -0.25) is 4.79 Å². The van der Waals surface area contributed by atoms with E-state index >= 15 is 0 Å². The van der Waals surface area contributed by atoms with E-state index in [0.29, 0.717) is 17.7 Å². The number of ether oxygens (including phenoxy) is 1. The van der Waals surface area contributed by atoms with Gasteiger partial charge in [-0.2, -0.15) is 0 Å². The van der Waals surface area contributed by atoms with E-state index in [0.717, 1.165) is 32.1 Å². The van der Waals surface area contributed by atoms with Crippen LogP contribution in [0.2, 0.25) is 0 Å². The third kappa shape index (κ3) is 4.84. The van der Waals surface area contributed by atoms with E-state index in [-0.39, 0.29) is 36.0 Å². The molecule has 1 aliphatic carbocycles. The lowest BCUT2D eigenvalue weighted by Gasteiger charge is -2.38. The molecule has 0 radical (unpaired) electrons. The first-order valence-corrected chi connectivity index (χ1v) is 11.7. The number of sulfone groups is 1. The molecule has 154 valence electrons. The number of amides is 1. The number of nitrogens with one attached hydrogen (secondary N) is 1. The molecule has 1 aromatic rings. The summed E-state index contributed by atoms with van der Waals surface area (Å²) >= 11 is 0. The second kappa shape index (κ2) is 8.94. The summed E-state index contributed by atoms with van der Waals surface area (Å²) in [4.78, 5) is 26.9. The molecule has 1 heterocycles. The number of hydrogen-bond donors (Lipinski definition) is 1. The summed E-state index contributed by atoms with van der Waals surface area (Å²) in [5, 5.41) is 3.05. The van der Waals surface area contributed by atoms with Crippen molar-refractivity contribution in [2.24, 2.45) is 0 Å². The minimum Gasteiger partial charge on any atom is -0.465 e. The predicted molar refractivity (Wildman–Crippen MR) is 107 cm³/mol. The van der Waals surface area contributed by atoms with Gasteiger partial charge < -0.3 is 15.0 Å². The highest BCUT2D eigenvalue weighted by Gasteiger charge is 2.38. The second-order valence-corrected chi connectivity index (χ2v) is 9.77. The van der Waals surface area contributed by atoms with Crippen molar-refractivity contribution in [3.63, 3.8) is 0 Å². The molecule has 0 bridgehead atoms. The van der Waals surface area contributed by atoms with Crippen LogP contribution >= 0.6 is 0 Å². The maximum atomic E-state index is 13.1. The first-order valence-electron chi connectivity index (χ1n) is 9.84. The van der Waals surface area contributed by atoms with Gasteiger partial charge in [0.15, 0.2) is 9.84 Å². The first kappa shape index (κ1) is 20.6.